The van der Waals surface area contributed by atoms with E-state index in [0.29, 0.717) is 5.75 Å². The van der Waals surface area contributed by atoms with Crippen molar-refractivity contribution in [2.75, 3.05) is 6.61 Å². The fourth-order valence-electron chi connectivity index (χ4n) is 6.08. The van der Waals surface area contributed by atoms with E-state index in [4.69, 9.17) is 28.4 Å². The number of hydrogen-bond acceptors (Lipinski definition) is 11. The van der Waals surface area contributed by atoms with Crippen LogP contribution in [0.15, 0.2) is 36.7 Å². The van der Waals surface area contributed by atoms with Gasteiger partial charge < -0.3 is 50.4 Å². The molecular formula is C33H35BrN2O11. The maximum Gasteiger partial charge on any atom is 0.308 e. The van der Waals surface area contributed by atoms with Crippen LogP contribution in [0.4, 0.5) is 0 Å². The molecule has 5 atom stereocenters. The van der Waals surface area contributed by atoms with Gasteiger partial charge in [0.05, 0.1) is 5.52 Å². The van der Waals surface area contributed by atoms with Gasteiger partial charge in [-0.3, -0.25) is 24.0 Å². The highest BCUT2D eigenvalue weighted by Gasteiger charge is 2.56. The van der Waals surface area contributed by atoms with E-state index in [1.165, 1.54) is 34.6 Å². The number of aryl methyl sites for hydroxylation is 2. The van der Waals surface area contributed by atoms with Crippen LogP contribution in [-0.2, 0) is 47.7 Å². The number of pyridine rings is 1. The molecule has 1 fully saturated rings. The van der Waals surface area contributed by atoms with Crippen LogP contribution < -0.4 is 26.3 Å². The number of H-pyrrole nitrogens is 1. The summed E-state index contributed by atoms with van der Waals surface area (Å²) in [6.45, 7) is 9.73. The number of nitrogens with one attached hydrogen (secondary N) is 1. The van der Waals surface area contributed by atoms with Crippen molar-refractivity contribution in [1.82, 2.24) is 4.98 Å². The predicted octanol–water partition coefficient (Wildman–Crippen LogP) is 0.564. The molecule has 1 saturated heterocycles. The normalized spacial score (nSPS) is 20.7. The summed E-state index contributed by atoms with van der Waals surface area (Å²) in [6, 6.07) is 7.28. The van der Waals surface area contributed by atoms with Gasteiger partial charge in [0.2, 0.25) is 6.10 Å². The van der Waals surface area contributed by atoms with Crippen LogP contribution in [-0.4, -0.2) is 65.9 Å². The van der Waals surface area contributed by atoms with Crippen LogP contribution in [0.25, 0.3) is 32.6 Å². The molecule has 13 nitrogen and oxygen atoms in total. The van der Waals surface area contributed by atoms with Crippen LogP contribution in [0.3, 0.4) is 0 Å². The highest BCUT2D eigenvalue weighted by Crippen LogP contribution is 2.38. The first-order valence-corrected chi connectivity index (χ1v) is 14.6. The summed E-state index contributed by atoms with van der Waals surface area (Å²) >= 11 is 0. The summed E-state index contributed by atoms with van der Waals surface area (Å²) in [6.07, 6.45) is -2.44. The molecule has 2 aromatic heterocycles. The van der Waals surface area contributed by atoms with Gasteiger partial charge in [-0.1, -0.05) is 0 Å². The Morgan fingerprint density at radius 3 is 2.02 bits per heavy atom. The van der Waals surface area contributed by atoms with E-state index < -0.39 is 60.5 Å². The Bertz CT molecular complexity index is 1900. The lowest BCUT2D eigenvalue weighted by atomic mass is 9.95. The van der Waals surface area contributed by atoms with Crippen LogP contribution in [0.5, 0.6) is 5.75 Å². The third kappa shape index (κ3) is 7.23. The van der Waals surface area contributed by atoms with Crippen molar-refractivity contribution in [3.05, 3.63) is 47.8 Å². The number of benzene rings is 2. The number of halogens is 1. The fraction of sp³-hybridized carbons (Fsp3) is 0.394. The summed E-state index contributed by atoms with van der Waals surface area (Å²) in [5.41, 5.74) is 3.65. The zero-order valence-electron chi connectivity index (χ0n) is 26.9. The molecular weight excluding hydrogens is 680 g/mol. The van der Waals surface area contributed by atoms with Crippen LogP contribution in [0.1, 0.15) is 52.0 Å². The lowest BCUT2D eigenvalue weighted by Crippen LogP contribution is -3.00. The number of carbonyl (C=O) groups excluding carboxylic acids is 5. The minimum Gasteiger partial charge on any atom is -1.00 e. The van der Waals surface area contributed by atoms with Gasteiger partial charge in [0.1, 0.15) is 18.5 Å². The Kier molecular flexibility index (Phi) is 10.6. The zero-order chi connectivity index (χ0) is 33.4. The largest absolute Gasteiger partial charge is 1.00 e. The predicted molar refractivity (Wildman–Crippen MR) is 161 cm³/mol. The number of esters is 5. The lowest BCUT2D eigenvalue weighted by molar-refractivity contribution is -0.776. The van der Waals surface area contributed by atoms with Gasteiger partial charge in [-0.05, 0) is 48.6 Å². The quantitative estimate of drug-likeness (QED) is 0.123. The summed E-state index contributed by atoms with van der Waals surface area (Å²) in [5.74, 6) is -2.72. The van der Waals surface area contributed by atoms with Gasteiger partial charge in [0, 0.05) is 62.4 Å². The molecule has 0 spiro atoms. The number of nitrogens with zero attached hydrogens (tertiary/aromatic N) is 1. The van der Waals surface area contributed by atoms with Gasteiger partial charge in [-0.15, -0.1) is 0 Å². The average molecular weight is 716 g/mol. The Balaban J connectivity index is 0.00000500. The van der Waals surface area contributed by atoms with Crippen molar-refractivity contribution >= 4 is 62.4 Å². The van der Waals surface area contributed by atoms with E-state index in [1.807, 2.05) is 38.2 Å². The molecule has 1 N–H and O–H groups in total. The van der Waals surface area contributed by atoms with E-state index in [-0.39, 0.29) is 23.6 Å². The molecule has 250 valence electrons. The highest BCUT2D eigenvalue weighted by molar-refractivity contribution is 6.16. The molecule has 1 aliphatic heterocycles. The van der Waals surface area contributed by atoms with Crippen LogP contribution in [0, 0.1) is 13.8 Å². The smallest absolute Gasteiger partial charge is 0.308 e. The van der Waals surface area contributed by atoms with Crippen molar-refractivity contribution in [3.63, 3.8) is 0 Å². The second-order valence-corrected chi connectivity index (χ2v) is 11.2. The third-order valence-corrected chi connectivity index (χ3v) is 7.83. The Morgan fingerprint density at radius 1 is 0.766 bits per heavy atom. The summed E-state index contributed by atoms with van der Waals surface area (Å²) in [4.78, 5) is 63.6. The van der Waals surface area contributed by atoms with E-state index in [0.717, 1.165) is 43.7 Å². The standard InChI is InChI=1S/C33H34N2O11.BrH/c1-15-25-13-35(11-10-23(25)16(2)29-28(15)24-12-22(42-18(4)37)8-9-26(24)34-29)33-32(45-21(7)40)31(44-20(6)39)30(43-19(5)38)27(46-33)14-41-17(3)36;/h8-13,27,30-33H,14H2,1-7H3;1H/t27-,30+,31+,32-,33-;/m0./s1. The molecule has 0 aliphatic carbocycles. The van der Waals surface area contributed by atoms with Crippen molar-refractivity contribution < 1.29 is 73.9 Å². The number of aromatic nitrogens is 2. The van der Waals surface area contributed by atoms with Crippen molar-refractivity contribution in [2.24, 2.45) is 0 Å². The van der Waals surface area contributed by atoms with Gasteiger partial charge in [-0.25, -0.2) is 0 Å². The van der Waals surface area contributed by atoms with E-state index in [9.17, 15) is 24.0 Å². The molecule has 14 heteroatoms. The molecule has 2 aromatic carbocycles. The maximum atomic E-state index is 12.4. The Hall–Kier alpha value is -4.56. The molecule has 0 unspecified atom stereocenters. The van der Waals surface area contributed by atoms with Crippen molar-refractivity contribution in [3.8, 4) is 5.75 Å². The minimum absolute atomic E-state index is 0. The summed E-state index contributed by atoms with van der Waals surface area (Å²) in [7, 11) is 0. The molecule has 4 aromatic rings. The lowest BCUT2D eigenvalue weighted by Gasteiger charge is -2.41. The first-order chi connectivity index (χ1) is 21.7. The zero-order valence-corrected chi connectivity index (χ0v) is 28.5. The average Bonchev–Trinajstić information content (AvgIpc) is 3.35. The Labute approximate surface area is 280 Å². The molecule has 0 saturated carbocycles. The number of carbonyl (C=O) groups is 5. The first kappa shape index (κ1) is 35.3. The molecule has 47 heavy (non-hydrogen) atoms. The second kappa shape index (κ2) is 14.1. The monoisotopic (exact) mass is 714 g/mol. The van der Waals surface area contributed by atoms with Gasteiger partial charge in [-0.2, -0.15) is 4.57 Å². The molecule has 0 amide bonds. The van der Waals surface area contributed by atoms with Crippen LogP contribution in [0.2, 0.25) is 0 Å². The Morgan fingerprint density at radius 2 is 1.40 bits per heavy atom. The van der Waals surface area contributed by atoms with Gasteiger partial charge in [0.15, 0.2) is 24.6 Å². The number of rotatable bonds is 7. The summed E-state index contributed by atoms with van der Waals surface area (Å²) < 4.78 is 35.4. The van der Waals surface area contributed by atoms with Crippen molar-refractivity contribution in [1.29, 1.82) is 0 Å². The number of fused-ring (bicyclic) bond motifs is 4. The van der Waals surface area contributed by atoms with Crippen molar-refractivity contribution in [2.45, 2.75) is 79.1 Å². The van der Waals surface area contributed by atoms with E-state index in [1.54, 1.807) is 16.8 Å². The third-order valence-electron chi connectivity index (χ3n) is 7.83. The van der Waals surface area contributed by atoms with E-state index in [2.05, 4.69) is 4.98 Å². The topological polar surface area (TPSA) is 160 Å². The second-order valence-electron chi connectivity index (χ2n) is 11.2. The number of aromatic amines is 1. The first-order valence-electron chi connectivity index (χ1n) is 14.6. The maximum absolute atomic E-state index is 12.4. The van der Waals surface area contributed by atoms with Gasteiger partial charge in [0.25, 0.3) is 0 Å². The molecule has 0 bridgehead atoms. The fourth-order valence-corrected chi connectivity index (χ4v) is 6.08. The van der Waals surface area contributed by atoms with Crippen LogP contribution >= 0.6 is 0 Å². The van der Waals surface area contributed by atoms with Gasteiger partial charge >= 0.3 is 36.1 Å². The summed E-state index contributed by atoms with van der Waals surface area (Å²) in [5, 5.41) is 3.55. The number of ether oxygens (including phenoxy) is 6. The highest BCUT2D eigenvalue weighted by atomic mass is 79.9. The molecule has 1 aliphatic rings. The minimum atomic E-state index is -1.30. The van der Waals surface area contributed by atoms with E-state index >= 15 is 0 Å². The SMILES string of the molecule is CC(=O)OC[C@@H]1O[C@H]([n+]2ccc3c(C)c4[nH]c5ccc(OC(C)=O)cc5c4c(C)c3c2)[C@@H](OC(C)=O)[C@H](OC(C)=O)[C@@H]1OC(C)=O.[Br-]. The molecule has 5 rings (SSSR count). The molecule has 0 radical (unpaired) electrons. The number of hydrogen-bond donors (Lipinski definition) is 1. The molecule has 3 heterocycles.